The molecule has 0 aromatic heterocycles. The molecule has 2 rings (SSSR count). The molecule has 1 saturated heterocycles. The summed E-state index contributed by atoms with van der Waals surface area (Å²) in [6.07, 6.45) is 0.937. The first kappa shape index (κ1) is 15.2. The number of nitrogens with two attached hydrogens (primary N) is 1. The molecule has 1 aromatic carbocycles. The van der Waals surface area contributed by atoms with Crippen molar-refractivity contribution in [3.05, 3.63) is 33.9 Å². The molecule has 0 aliphatic carbocycles. The predicted octanol–water partition coefficient (Wildman–Crippen LogP) is 1.08. The fourth-order valence-electron chi connectivity index (χ4n) is 2.57. The second kappa shape index (κ2) is 6.09. The van der Waals surface area contributed by atoms with Crippen LogP contribution in [0.3, 0.4) is 0 Å². The van der Waals surface area contributed by atoms with Gasteiger partial charge in [0.15, 0.2) is 0 Å². The van der Waals surface area contributed by atoms with E-state index in [-0.39, 0.29) is 11.6 Å². The van der Waals surface area contributed by atoms with Gasteiger partial charge in [0.1, 0.15) is 5.69 Å². The maximum atomic E-state index is 11.9. The number of nitrogens with zero attached hydrogens (tertiary/aromatic N) is 3. The molecular formula is C14H20N4O3. The van der Waals surface area contributed by atoms with Gasteiger partial charge >= 0.3 is 0 Å². The van der Waals surface area contributed by atoms with E-state index in [1.54, 1.807) is 26.2 Å². The zero-order valence-corrected chi connectivity index (χ0v) is 12.3. The lowest BCUT2D eigenvalue weighted by molar-refractivity contribution is -0.384. The van der Waals surface area contributed by atoms with Crippen LogP contribution < -0.4 is 10.6 Å². The Hall–Kier alpha value is -2.15. The highest BCUT2D eigenvalue weighted by molar-refractivity contribution is 5.95. The molecule has 1 heterocycles. The van der Waals surface area contributed by atoms with Crippen LogP contribution in [0.2, 0.25) is 0 Å². The zero-order valence-electron chi connectivity index (χ0n) is 12.3. The average Bonchev–Trinajstić information content (AvgIpc) is 2.94. The van der Waals surface area contributed by atoms with Gasteiger partial charge in [-0.1, -0.05) is 0 Å². The molecule has 0 radical (unpaired) electrons. The molecule has 1 atom stereocenters. The van der Waals surface area contributed by atoms with Crippen molar-refractivity contribution in [1.82, 2.24) is 4.90 Å². The van der Waals surface area contributed by atoms with Gasteiger partial charge in [0, 0.05) is 38.8 Å². The molecule has 114 valence electrons. The van der Waals surface area contributed by atoms with E-state index in [1.165, 1.54) is 11.0 Å². The number of carbonyl (C=O) groups excluding carboxylic acids is 1. The summed E-state index contributed by atoms with van der Waals surface area (Å²) in [6.45, 7) is 2.06. The van der Waals surface area contributed by atoms with Crippen molar-refractivity contribution in [2.75, 3.05) is 38.6 Å². The van der Waals surface area contributed by atoms with Crippen LogP contribution in [-0.4, -0.2) is 49.5 Å². The van der Waals surface area contributed by atoms with Gasteiger partial charge in [-0.15, -0.1) is 0 Å². The highest BCUT2D eigenvalue weighted by atomic mass is 16.6. The molecule has 7 heteroatoms. The Balaban J connectivity index is 2.34. The summed E-state index contributed by atoms with van der Waals surface area (Å²) in [5.74, 6) is 0.124. The SMILES string of the molecule is CN(C)C(=O)c1ccc(N2CCC(CN)C2)c([N+](=O)[O-])c1. The second-order valence-electron chi connectivity index (χ2n) is 5.50. The number of carbonyl (C=O) groups is 1. The summed E-state index contributed by atoms with van der Waals surface area (Å²) in [7, 11) is 3.24. The maximum absolute atomic E-state index is 11.9. The quantitative estimate of drug-likeness (QED) is 0.662. The summed E-state index contributed by atoms with van der Waals surface area (Å²) in [4.78, 5) is 26.2. The first-order chi connectivity index (χ1) is 9.93. The molecule has 1 aromatic rings. The molecule has 0 saturated carbocycles. The van der Waals surface area contributed by atoms with Gasteiger partial charge < -0.3 is 15.5 Å². The van der Waals surface area contributed by atoms with Gasteiger partial charge in [0.05, 0.1) is 4.92 Å². The number of hydrogen-bond donors (Lipinski definition) is 1. The lowest BCUT2D eigenvalue weighted by atomic mass is 10.1. The highest BCUT2D eigenvalue weighted by Crippen LogP contribution is 2.33. The third kappa shape index (κ3) is 3.13. The van der Waals surface area contributed by atoms with Crippen molar-refractivity contribution in [2.24, 2.45) is 11.7 Å². The zero-order chi connectivity index (χ0) is 15.6. The molecule has 1 aliphatic rings. The number of anilines is 1. The lowest BCUT2D eigenvalue weighted by Crippen LogP contribution is -2.24. The molecule has 1 unspecified atom stereocenters. The van der Waals surface area contributed by atoms with E-state index in [0.29, 0.717) is 23.7 Å². The van der Waals surface area contributed by atoms with Gasteiger partial charge in [-0.2, -0.15) is 0 Å². The van der Waals surface area contributed by atoms with Crippen LogP contribution in [-0.2, 0) is 0 Å². The Labute approximate surface area is 123 Å². The summed E-state index contributed by atoms with van der Waals surface area (Å²) in [6, 6.07) is 4.65. The van der Waals surface area contributed by atoms with E-state index in [9.17, 15) is 14.9 Å². The van der Waals surface area contributed by atoms with Gasteiger partial charge in [0.25, 0.3) is 11.6 Å². The van der Waals surface area contributed by atoms with Crippen LogP contribution in [0.4, 0.5) is 11.4 Å². The first-order valence-electron chi connectivity index (χ1n) is 6.89. The van der Waals surface area contributed by atoms with Crippen molar-refractivity contribution in [2.45, 2.75) is 6.42 Å². The second-order valence-corrected chi connectivity index (χ2v) is 5.50. The minimum Gasteiger partial charge on any atom is -0.366 e. The molecular weight excluding hydrogens is 272 g/mol. The molecule has 2 N–H and O–H groups in total. The van der Waals surface area contributed by atoms with E-state index >= 15 is 0 Å². The largest absolute Gasteiger partial charge is 0.366 e. The third-order valence-corrected chi connectivity index (χ3v) is 3.79. The number of nitro groups is 1. The molecule has 1 fully saturated rings. The summed E-state index contributed by atoms with van der Waals surface area (Å²) < 4.78 is 0. The standard InChI is InChI=1S/C14H20N4O3/c1-16(2)14(19)11-3-4-12(13(7-11)18(20)21)17-6-5-10(8-15)9-17/h3-4,7,10H,5-6,8-9,15H2,1-2H3. The molecule has 21 heavy (non-hydrogen) atoms. The first-order valence-corrected chi connectivity index (χ1v) is 6.89. The third-order valence-electron chi connectivity index (χ3n) is 3.79. The van der Waals surface area contributed by atoms with Crippen molar-refractivity contribution in [3.8, 4) is 0 Å². The van der Waals surface area contributed by atoms with Gasteiger partial charge in [-0.05, 0) is 31.0 Å². The fourth-order valence-corrected chi connectivity index (χ4v) is 2.57. The number of amides is 1. The van der Waals surface area contributed by atoms with Crippen LogP contribution >= 0.6 is 0 Å². The number of benzene rings is 1. The predicted molar refractivity (Wildman–Crippen MR) is 80.5 cm³/mol. The van der Waals surface area contributed by atoms with Gasteiger partial charge in [0.2, 0.25) is 0 Å². The number of rotatable bonds is 4. The Morgan fingerprint density at radius 3 is 2.76 bits per heavy atom. The molecule has 0 bridgehead atoms. The van der Waals surface area contributed by atoms with Gasteiger partial charge in [-0.3, -0.25) is 14.9 Å². The highest BCUT2D eigenvalue weighted by Gasteiger charge is 2.27. The minimum absolute atomic E-state index is 0.0274. The maximum Gasteiger partial charge on any atom is 0.293 e. The van der Waals surface area contributed by atoms with E-state index in [4.69, 9.17) is 5.73 Å². The molecule has 1 amide bonds. The summed E-state index contributed by atoms with van der Waals surface area (Å²) in [5, 5.41) is 11.3. The van der Waals surface area contributed by atoms with Gasteiger partial charge in [-0.25, -0.2) is 0 Å². The van der Waals surface area contributed by atoms with Crippen LogP contribution in [0.5, 0.6) is 0 Å². The Morgan fingerprint density at radius 1 is 1.52 bits per heavy atom. The van der Waals surface area contributed by atoms with Crippen LogP contribution in [0.25, 0.3) is 0 Å². The Kier molecular flexibility index (Phi) is 4.42. The summed E-state index contributed by atoms with van der Waals surface area (Å²) >= 11 is 0. The van der Waals surface area contributed by atoms with Crippen molar-refractivity contribution >= 4 is 17.3 Å². The van der Waals surface area contributed by atoms with E-state index in [0.717, 1.165) is 19.5 Å². The van der Waals surface area contributed by atoms with Crippen LogP contribution in [0.1, 0.15) is 16.8 Å². The van der Waals surface area contributed by atoms with Crippen molar-refractivity contribution < 1.29 is 9.72 Å². The summed E-state index contributed by atoms with van der Waals surface area (Å²) in [5.41, 5.74) is 6.52. The molecule has 1 aliphatic heterocycles. The molecule has 0 spiro atoms. The van der Waals surface area contributed by atoms with E-state index in [2.05, 4.69) is 0 Å². The lowest BCUT2D eigenvalue weighted by Gasteiger charge is -2.19. The Bertz CT molecular complexity index is 559. The molecule has 7 nitrogen and oxygen atoms in total. The minimum atomic E-state index is -0.433. The topological polar surface area (TPSA) is 92.7 Å². The van der Waals surface area contributed by atoms with Crippen LogP contribution in [0, 0.1) is 16.0 Å². The smallest absolute Gasteiger partial charge is 0.293 e. The fraction of sp³-hybridized carbons (Fsp3) is 0.500. The van der Waals surface area contributed by atoms with Crippen LogP contribution in [0.15, 0.2) is 18.2 Å². The van der Waals surface area contributed by atoms with Crippen molar-refractivity contribution in [3.63, 3.8) is 0 Å². The van der Waals surface area contributed by atoms with Crippen molar-refractivity contribution in [1.29, 1.82) is 0 Å². The average molecular weight is 292 g/mol. The normalized spacial score (nSPS) is 17.9. The Morgan fingerprint density at radius 2 is 2.24 bits per heavy atom. The van der Waals surface area contributed by atoms with E-state index in [1.807, 2.05) is 4.90 Å². The monoisotopic (exact) mass is 292 g/mol. The number of hydrogen-bond acceptors (Lipinski definition) is 5. The number of nitro benzene ring substituents is 1. The van der Waals surface area contributed by atoms with E-state index < -0.39 is 4.92 Å².